The number of imide groups is 1. The lowest BCUT2D eigenvalue weighted by Gasteiger charge is -2.22. The van der Waals surface area contributed by atoms with Gasteiger partial charge >= 0.3 is 5.97 Å². The fourth-order valence-electron chi connectivity index (χ4n) is 2.98. The molecule has 0 fully saturated rings. The number of ketones is 1. The zero-order valence-electron chi connectivity index (χ0n) is 15.7. The lowest BCUT2D eigenvalue weighted by Crippen LogP contribution is -2.45. The Hall–Kier alpha value is -3.48. The molecule has 1 aliphatic rings. The Labute approximate surface area is 161 Å². The maximum Gasteiger partial charge on any atom is 0.329 e. The standard InChI is InChI=1S/C21H19NO6/c1-12(22-19(24)16-6-4-5-7-17(16)20(22)25)21(26)28-13(2)18(23)14-8-10-15(27-3)11-9-14/h4-13H,1-3H3/t12-,13-/m0/s1. The number of esters is 1. The van der Waals surface area contributed by atoms with Gasteiger partial charge in [0, 0.05) is 5.56 Å². The second-order valence-electron chi connectivity index (χ2n) is 6.37. The Kier molecular flexibility index (Phi) is 5.26. The maximum absolute atomic E-state index is 12.5. The number of ether oxygens (including phenoxy) is 2. The van der Waals surface area contributed by atoms with E-state index >= 15 is 0 Å². The molecule has 7 nitrogen and oxygen atoms in total. The molecule has 0 saturated heterocycles. The third kappa shape index (κ3) is 3.38. The molecule has 0 N–H and O–H groups in total. The van der Waals surface area contributed by atoms with Crippen molar-refractivity contribution in [2.24, 2.45) is 0 Å². The number of amides is 2. The Morgan fingerprint density at radius 2 is 1.43 bits per heavy atom. The van der Waals surface area contributed by atoms with E-state index in [1.165, 1.54) is 33.1 Å². The van der Waals surface area contributed by atoms with Gasteiger partial charge < -0.3 is 9.47 Å². The zero-order chi connectivity index (χ0) is 20.4. The topological polar surface area (TPSA) is 90.0 Å². The molecular formula is C21H19NO6. The van der Waals surface area contributed by atoms with Gasteiger partial charge in [0.15, 0.2) is 6.10 Å². The monoisotopic (exact) mass is 381 g/mol. The number of carbonyl (C=O) groups is 4. The Bertz CT molecular complexity index is 915. The number of Topliss-reactive ketones (excluding diaryl/α,β-unsaturated/α-hetero) is 1. The molecule has 0 spiro atoms. The first kappa shape index (κ1) is 19.3. The molecule has 0 aliphatic carbocycles. The molecule has 7 heteroatoms. The molecule has 3 rings (SSSR count). The number of carbonyl (C=O) groups excluding carboxylic acids is 4. The fraction of sp³-hybridized carbons (Fsp3) is 0.238. The second-order valence-corrected chi connectivity index (χ2v) is 6.37. The number of fused-ring (bicyclic) bond motifs is 1. The highest BCUT2D eigenvalue weighted by Crippen LogP contribution is 2.25. The van der Waals surface area contributed by atoms with Crippen molar-refractivity contribution in [2.75, 3.05) is 7.11 Å². The Morgan fingerprint density at radius 3 is 1.93 bits per heavy atom. The van der Waals surface area contributed by atoms with Crippen LogP contribution in [0.15, 0.2) is 48.5 Å². The van der Waals surface area contributed by atoms with Crippen molar-refractivity contribution >= 4 is 23.6 Å². The summed E-state index contributed by atoms with van der Waals surface area (Å²) in [7, 11) is 1.52. The summed E-state index contributed by atoms with van der Waals surface area (Å²) in [6.07, 6.45) is -1.07. The molecule has 28 heavy (non-hydrogen) atoms. The van der Waals surface area contributed by atoms with Crippen molar-refractivity contribution < 1.29 is 28.7 Å². The third-order valence-electron chi connectivity index (χ3n) is 4.59. The molecule has 0 unspecified atom stereocenters. The van der Waals surface area contributed by atoms with Crippen molar-refractivity contribution in [3.05, 3.63) is 65.2 Å². The fourth-order valence-corrected chi connectivity index (χ4v) is 2.98. The van der Waals surface area contributed by atoms with Crippen LogP contribution in [-0.4, -0.2) is 47.7 Å². The molecule has 2 aromatic rings. The average molecular weight is 381 g/mol. The van der Waals surface area contributed by atoms with Crippen LogP contribution in [0.5, 0.6) is 5.75 Å². The molecule has 2 atom stereocenters. The van der Waals surface area contributed by atoms with E-state index in [0.717, 1.165) is 4.90 Å². The van der Waals surface area contributed by atoms with Crippen molar-refractivity contribution in [2.45, 2.75) is 26.0 Å². The summed E-state index contributed by atoms with van der Waals surface area (Å²) in [4.78, 5) is 50.7. The Balaban J connectivity index is 1.69. The van der Waals surface area contributed by atoms with Crippen LogP contribution in [0.3, 0.4) is 0 Å². The predicted octanol–water partition coefficient (Wildman–Crippen LogP) is 2.49. The normalized spacial score (nSPS) is 15.0. The molecule has 2 amide bonds. The van der Waals surface area contributed by atoms with Crippen LogP contribution in [-0.2, 0) is 9.53 Å². The summed E-state index contributed by atoms with van der Waals surface area (Å²) in [5.41, 5.74) is 0.846. The lowest BCUT2D eigenvalue weighted by molar-refractivity contribution is -0.150. The number of nitrogens with zero attached hydrogens (tertiary/aromatic N) is 1. The molecule has 1 heterocycles. The highest BCUT2D eigenvalue weighted by molar-refractivity contribution is 6.22. The minimum Gasteiger partial charge on any atom is -0.497 e. The van der Waals surface area contributed by atoms with E-state index in [-0.39, 0.29) is 11.1 Å². The van der Waals surface area contributed by atoms with Crippen molar-refractivity contribution in [1.82, 2.24) is 4.90 Å². The van der Waals surface area contributed by atoms with Gasteiger partial charge in [-0.15, -0.1) is 0 Å². The second kappa shape index (κ2) is 7.64. The molecule has 144 valence electrons. The van der Waals surface area contributed by atoms with E-state index < -0.39 is 35.7 Å². The van der Waals surface area contributed by atoms with Gasteiger partial charge in [0.25, 0.3) is 11.8 Å². The van der Waals surface area contributed by atoms with Gasteiger partial charge in [-0.25, -0.2) is 4.79 Å². The van der Waals surface area contributed by atoms with Gasteiger partial charge in [0.1, 0.15) is 11.8 Å². The molecular weight excluding hydrogens is 362 g/mol. The minimum absolute atomic E-state index is 0.245. The number of rotatable bonds is 6. The van der Waals surface area contributed by atoms with Crippen molar-refractivity contribution in [3.8, 4) is 5.75 Å². The van der Waals surface area contributed by atoms with Crippen LogP contribution in [0, 0.1) is 0 Å². The average Bonchev–Trinajstić information content (AvgIpc) is 2.97. The predicted molar refractivity (Wildman–Crippen MR) is 99.3 cm³/mol. The summed E-state index contributed by atoms with van der Waals surface area (Å²) in [6.45, 7) is 2.84. The first-order valence-corrected chi connectivity index (χ1v) is 8.70. The minimum atomic E-state index is -1.15. The van der Waals surface area contributed by atoms with Gasteiger partial charge in [-0.1, -0.05) is 12.1 Å². The van der Waals surface area contributed by atoms with E-state index in [2.05, 4.69) is 0 Å². The van der Waals surface area contributed by atoms with E-state index in [9.17, 15) is 19.2 Å². The van der Waals surface area contributed by atoms with E-state index in [1.807, 2.05) is 0 Å². The maximum atomic E-state index is 12.5. The molecule has 0 saturated carbocycles. The van der Waals surface area contributed by atoms with Gasteiger partial charge in [0.2, 0.25) is 5.78 Å². The Morgan fingerprint density at radius 1 is 0.893 bits per heavy atom. The summed E-state index contributed by atoms with van der Waals surface area (Å²) in [5.74, 6) is -1.74. The van der Waals surface area contributed by atoms with Gasteiger partial charge in [-0.3, -0.25) is 19.3 Å². The number of methoxy groups -OCH3 is 1. The van der Waals surface area contributed by atoms with Crippen LogP contribution < -0.4 is 4.74 Å². The smallest absolute Gasteiger partial charge is 0.329 e. The van der Waals surface area contributed by atoms with E-state index in [1.54, 1.807) is 36.4 Å². The summed E-state index contributed by atoms with van der Waals surface area (Å²) in [6, 6.07) is 11.6. The summed E-state index contributed by atoms with van der Waals surface area (Å²) in [5, 5.41) is 0. The van der Waals surface area contributed by atoms with Gasteiger partial charge in [-0.05, 0) is 50.2 Å². The summed E-state index contributed by atoms with van der Waals surface area (Å²) < 4.78 is 10.3. The van der Waals surface area contributed by atoms with Gasteiger partial charge in [-0.2, -0.15) is 0 Å². The third-order valence-corrected chi connectivity index (χ3v) is 4.59. The van der Waals surface area contributed by atoms with E-state index in [0.29, 0.717) is 11.3 Å². The molecule has 0 aromatic heterocycles. The first-order chi connectivity index (χ1) is 13.3. The van der Waals surface area contributed by atoms with Crippen LogP contribution >= 0.6 is 0 Å². The first-order valence-electron chi connectivity index (χ1n) is 8.70. The molecule has 2 aromatic carbocycles. The van der Waals surface area contributed by atoms with Crippen LogP contribution in [0.2, 0.25) is 0 Å². The highest BCUT2D eigenvalue weighted by Gasteiger charge is 2.41. The zero-order valence-corrected chi connectivity index (χ0v) is 15.7. The number of benzene rings is 2. The van der Waals surface area contributed by atoms with Crippen LogP contribution in [0.1, 0.15) is 44.9 Å². The quantitative estimate of drug-likeness (QED) is 0.434. The van der Waals surface area contributed by atoms with E-state index in [4.69, 9.17) is 9.47 Å². The van der Waals surface area contributed by atoms with Crippen molar-refractivity contribution in [1.29, 1.82) is 0 Å². The largest absolute Gasteiger partial charge is 0.497 e. The van der Waals surface area contributed by atoms with Gasteiger partial charge in [0.05, 0.1) is 18.2 Å². The molecule has 1 aliphatic heterocycles. The van der Waals surface area contributed by atoms with Crippen molar-refractivity contribution in [3.63, 3.8) is 0 Å². The molecule has 0 bridgehead atoms. The number of hydrogen-bond donors (Lipinski definition) is 0. The highest BCUT2D eigenvalue weighted by atomic mass is 16.5. The van der Waals surface area contributed by atoms with Crippen LogP contribution in [0.4, 0.5) is 0 Å². The molecule has 0 radical (unpaired) electrons. The van der Waals surface area contributed by atoms with Crippen LogP contribution in [0.25, 0.3) is 0 Å². The SMILES string of the molecule is COc1ccc(C(=O)[C@H](C)OC(=O)[C@H](C)N2C(=O)c3ccccc3C2=O)cc1. The lowest BCUT2D eigenvalue weighted by atomic mass is 10.1. The summed E-state index contributed by atoms with van der Waals surface area (Å²) >= 11 is 0. The number of hydrogen-bond acceptors (Lipinski definition) is 6.